The number of Topliss-reactive ketones (excluding diaryl/α,β-unsaturated/α-hetero) is 1. The summed E-state index contributed by atoms with van der Waals surface area (Å²) in [4.78, 5) is 47.1. The highest BCUT2D eigenvalue weighted by Gasteiger charge is 2.31. The fraction of sp³-hybridized carbons (Fsp3) is 0.647. The van der Waals surface area contributed by atoms with Gasteiger partial charge in [0.2, 0.25) is 5.91 Å². The van der Waals surface area contributed by atoms with E-state index in [0.717, 1.165) is 17.1 Å². The third-order valence-electron chi connectivity index (χ3n) is 4.01. The fourth-order valence-electron chi connectivity index (χ4n) is 2.35. The molecular weight excluding hydrogens is 440 g/mol. The van der Waals surface area contributed by atoms with Gasteiger partial charge in [0.15, 0.2) is 5.25 Å². The van der Waals surface area contributed by atoms with Gasteiger partial charge in [-0.1, -0.05) is 21.6 Å². The van der Waals surface area contributed by atoms with Crippen LogP contribution in [-0.2, 0) is 29.3 Å². The van der Waals surface area contributed by atoms with Gasteiger partial charge in [0.25, 0.3) is 21.9 Å². The van der Waals surface area contributed by atoms with E-state index in [1.165, 1.54) is 28.5 Å². The number of ketones is 1. The number of nitrogens with zero attached hydrogens (tertiary/aromatic N) is 1. The summed E-state index contributed by atoms with van der Waals surface area (Å²) in [5.74, 6) is -1.51. The number of amides is 3. The number of hydrogen-bond donors (Lipinski definition) is 2. The van der Waals surface area contributed by atoms with Crippen molar-refractivity contribution in [3.05, 3.63) is 12.2 Å². The Morgan fingerprint density at radius 1 is 1.24 bits per heavy atom. The average molecular weight is 467 g/mol. The molecule has 0 aromatic heterocycles. The molecule has 0 aromatic carbocycles. The molecule has 164 valence electrons. The predicted octanol–water partition coefficient (Wildman–Crippen LogP) is 1.20. The van der Waals surface area contributed by atoms with Gasteiger partial charge >= 0.3 is 0 Å². The molecule has 0 spiro atoms. The molecule has 9 nitrogen and oxygen atoms in total. The maximum absolute atomic E-state index is 12.2. The van der Waals surface area contributed by atoms with Gasteiger partial charge in [-0.05, 0) is 33.6 Å². The van der Waals surface area contributed by atoms with Gasteiger partial charge in [-0.15, -0.1) is 0 Å². The van der Waals surface area contributed by atoms with Crippen LogP contribution in [0.15, 0.2) is 12.2 Å². The van der Waals surface area contributed by atoms with Crippen LogP contribution >= 0.6 is 21.6 Å². The third-order valence-corrected chi connectivity index (χ3v) is 8.57. The number of carbonyl (C=O) groups excluding carboxylic acids is 4. The smallest absolute Gasteiger partial charge is 0.276 e. The van der Waals surface area contributed by atoms with Gasteiger partial charge in [-0.3, -0.25) is 23.8 Å². The van der Waals surface area contributed by atoms with Crippen molar-refractivity contribution in [2.75, 3.05) is 18.8 Å². The molecule has 0 saturated heterocycles. The molecule has 3 amide bonds. The number of nitrogens with one attached hydrogen (secondary N) is 1. The first kappa shape index (κ1) is 25.7. The first-order chi connectivity index (χ1) is 13.3. The summed E-state index contributed by atoms with van der Waals surface area (Å²) in [6.45, 7) is 5.25. The summed E-state index contributed by atoms with van der Waals surface area (Å²) in [7, 11) is -1.76. The number of carbonyl (C=O) groups is 4. The highest BCUT2D eigenvalue weighted by Crippen LogP contribution is 2.39. The van der Waals surface area contributed by atoms with Crippen LogP contribution < -0.4 is 5.32 Å². The molecule has 1 aliphatic heterocycles. The van der Waals surface area contributed by atoms with Gasteiger partial charge in [-0.25, -0.2) is 0 Å². The molecule has 1 aliphatic rings. The highest BCUT2D eigenvalue weighted by atomic mass is 33.1. The molecule has 0 aromatic rings. The Labute approximate surface area is 178 Å². The van der Waals surface area contributed by atoms with Crippen LogP contribution in [0, 0.1) is 0 Å². The monoisotopic (exact) mass is 466 g/mol. The summed E-state index contributed by atoms with van der Waals surface area (Å²) in [6.07, 6.45) is 3.24. The van der Waals surface area contributed by atoms with Crippen molar-refractivity contribution >= 4 is 55.2 Å². The van der Waals surface area contributed by atoms with E-state index in [-0.39, 0.29) is 30.0 Å². The number of rotatable bonds is 13. The maximum Gasteiger partial charge on any atom is 0.276 e. The standard InChI is InChI=1S/C17H26N2O7S3/c1-12(20)6-8-17(2,3)28-27-11-7-13(29(24,25)26)16(23)18-9-10-19-14(21)4-5-15(19)22/h4-5,13H,6-11H2,1-3H3,(H,18,23)(H,24,25,26). The van der Waals surface area contributed by atoms with E-state index in [0.29, 0.717) is 18.6 Å². The summed E-state index contributed by atoms with van der Waals surface area (Å²) in [6, 6.07) is 0. The van der Waals surface area contributed by atoms with E-state index in [9.17, 15) is 32.1 Å². The van der Waals surface area contributed by atoms with Gasteiger partial charge in [0.1, 0.15) is 5.78 Å². The van der Waals surface area contributed by atoms with Crippen LogP contribution in [0.25, 0.3) is 0 Å². The topological polar surface area (TPSA) is 138 Å². The molecular formula is C17H26N2O7S3. The Morgan fingerprint density at radius 3 is 2.34 bits per heavy atom. The number of imide groups is 1. The lowest BCUT2D eigenvalue weighted by Crippen LogP contribution is -2.44. The molecule has 1 rings (SSSR count). The maximum atomic E-state index is 12.2. The summed E-state index contributed by atoms with van der Waals surface area (Å²) < 4.78 is 32.3. The van der Waals surface area contributed by atoms with E-state index in [4.69, 9.17) is 0 Å². The van der Waals surface area contributed by atoms with Gasteiger partial charge in [0, 0.05) is 42.2 Å². The van der Waals surface area contributed by atoms with Crippen molar-refractivity contribution in [1.29, 1.82) is 0 Å². The van der Waals surface area contributed by atoms with Crippen LogP contribution in [0.1, 0.15) is 40.0 Å². The van der Waals surface area contributed by atoms with Crippen molar-refractivity contribution in [3.8, 4) is 0 Å². The van der Waals surface area contributed by atoms with Crippen LogP contribution in [0.3, 0.4) is 0 Å². The zero-order valence-electron chi connectivity index (χ0n) is 16.5. The molecule has 1 heterocycles. The van der Waals surface area contributed by atoms with Crippen LogP contribution in [0.5, 0.6) is 0 Å². The molecule has 0 saturated carbocycles. The lowest BCUT2D eigenvalue weighted by molar-refractivity contribution is -0.137. The molecule has 0 fully saturated rings. The molecule has 0 aliphatic carbocycles. The van der Waals surface area contributed by atoms with Gasteiger partial charge in [0.05, 0.1) is 0 Å². The molecule has 1 atom stereocenters. The number of hydrogen-bond acceptors (Lipinski definition) is 8. The van der Waals surface area contributed by atoms with Crippen LogP contribution in [0.4, 0.5) is 0 Å². The second-order valence-corrected chi connectivity index (χ2v) is 11.8. The van der Waals surface area contributed by atoms with Crippen molar-refractivity contribution in [2.45, 2.75) is 50.0 Å². The van der Waals surface area contributed by atoms with E-state index in [1.807, 2.05) is 13.8 Å². The van der Waals surface area contributed by atoms with Crippen molar-refractivity contribution in [2.24, 2.45) is 0 Å². The fourth-order valence-corrected chi connectivity index (χ4v) is 5.93. The molecule has 1 unspecified atom stereocenters. The summed E-state index contributed by atoms with van der Waals surface area (Å²) in [5.41, 5.74) is 0. The summed E-state index contributed by atoms with van der Waals surface area (Å²) >= 11 is 0. The van der Waals surface area contributed by atoms with E-state index in [2.05, 4.69) is 5.32 Å². The normalized spacial score (nSPS) is 15.7. The Morgan fingerprint density at radius 2 is 1.83 bits per heavy atom. The SMILES string of the molecule is CC(=O)CCC(C)(C)SSCCC(C(=O)NCCN1C(=O)C=CC1=O)S(=O)(=O)O. The van der Waals surface area contributed by atoms with Crippen molar-refractivity contribution < 1.29 is 32.1 Å². The minimum absolute atomic E-state index is 0.0937. The lowest BCUT2D eigenvalue weighted by Gasteiger charge is -2.23. The Hall–Kier alpha value is -1.37. The molecule has 0 radical (unpaired) electrons. The quantitative estimate of drug-likeness (QED) is 0.177. The predicted molar refractivity (Wildman–Crippen MR) is 113 cm³/mol. The van der Waals surface area contributed by atoms with Crippen LogP contribution in [-0.4, -0.2) is 70.2 Å². The second kappa shape index (κ2) is 11.1. The van der Waals surface area contributed by atoms with Crippen molar-refractivity contribution in [3.63, 3.8) is 0 Å². The first-order valence-corrected chi connectivity index (χ1v) is 12.7. The average Bonchev–Trinajstić information content (AvgIpc) is 2.90. The second-order valence-electron chi connectivity index (χ2n) is 7.11. The minimum Gasteiger partial charge on any atom is -0.353 e. The molecule has 0 bridgehead atoms. The highest BCUT2D eigenvalue weighted by molar-refractivity contribution is 8.77. The Kier molecular flexibility index (Phi) is 9.86. The zero-order chi connectivity index (χ0) is 22.2. The summed E-state index contributed by atoms with van der Waals surface area (Å²) in [5, 5.41) is 0.702. The molecule has 12 heteroatoms. The van der Waals surface area contributed by atoms with E-state index >= 15 is 0 Å². The zero-order valence-corrected chi connectivity index (χ0v) is 19.0. The molecule has 29 heavy (non-hydrogen) atoms. The van der Waals surface area contributed by atoms with Crippen LogP contribution in [0.2, 0.25) is 0 Å². The first-order valence-electron chi connectivity index (χ1n) is 8.91. The van der Waals surface area contributed by atoms with Crippen molar-refractivity contribution in [1.82, 2.24) is 10.2 Å². The van der Waals surface area contributed by atoms with Gasteiger partial charge in [-0.2, -0.15) is 8.42 Å². The van der Waals surface area contributed by atoms with Gasteiger partial charge < -0.3 is 10.1 Å². The Bertz CT molecular complexity index is 760. The Balaban J connectivity index is 2.47. The largest absolute Gasteiger partial charge is 0.353 e. The third kappa shape index (κ3) is 9.32. The lowest BCUT2D eigenvalue weighted by atomic mass is 10.1. The minimum atomic E-state index is -4.61. The molecule has 2 N–H and O–H groups in total. The van der Waals surface area contributed by atoms with E-state index in [1.54, 1.807) is 0 Å². The van der Waals surface area contributed by atoms with E-state index < -0.39 is 33.1 Å².